The van der Waals surface area contributed by atoms with Crippen LogP contribution in [-0.4, -0.2) is 99.7 Å². The number of hydrogen-bond acceptors (Lipinski definition) is 11. The number of ether oxygens (including phenoxy) is 1. The lowest BCUT2D eigenvalue weighted by molar-refractivity contribution is -0.137. The Morgan fingerprint density at radius 3 is 2.46 bits per heavy atom. The highest BCUT2D eigenvalue weighted by molar-refractivity contribution is 7.53. The number of benzene rings is 4. The Hall–Kier alpha value is -7.43. The minimum atomic E-state index is -4.77. The van der Waals surface area contributed by atoms with Gasteiger partial charge in [-0.15, -0.1) is 0 Å². The molecular formula is C49H42F3N8O7P. The first kappa shape index (κ1) is 44.4. The van der Waals surface area contributed by atoms with Crippen molar-refractivity contribution in [1.29, 1.82) is 0 Å². The van der Waals surface area contributed by atoms with Crippen molar-refractivity contribution in [3.8, 4) is 16.8 Å². The average molecular weight is 943 g/mol. The van der Waals surface area contributed by atoms with Gasteiger partial charge in [0.2, 0.25) is 17.7 Å². The Morgan fingerprint density at radius 2 is 1.65 bits per heavy atom. The molecule has 2 fully saturated rings. The number of fused-ring (bicyclic) bond motifs is 5. The molecule has 3 aromatic heterocycles. The number of alkyl halides is 3. The summed E-state index contributed by atoms with van der Waals surface area (Å²) >= 11 is 0. The summed E-state index contributed by atoms with van der Waals surface area (Å²) < 4.78 is 66.6. The number of piperidine rings is 1. The number of hydrogen-bond donors (Lipinski definition) is 2. The van der Waals surface area contributed by atoms with Gasteiger partial charge in [-0.05, 0) is 83.6 Å². The van der Waals surface area contributed by atoms with Gasteiger partial charge in [-0.1, -0.05) is 24.3 Å². The van der Waals surface area contributed by atoms with Crippen LogP contribution in [0, 0.1) is 0 Å². The molecule has 6 heterocycles. The Balaban J connectivity index is 0.784. The van der Waals surface area contributed by atoms with Crippen molar-refractivity contribution in [1.82, 2.24) is 29.4 Å². The van der Waals surface area contributed by atoms with Crippen molar-refractivity contribution in [2.24, 2.45) is 0 Å². The predicted octanol–water partition coefficient (Wildman–Crippen LogP) is 6.30. The molecule has 2 atom stereocenters. The standard InChI is InChI=1S/C49H42F3N8O7P/c50-49(51,52)37-26-34(59-44(63)13-7-32-28-55-38-9-6-31(25-36(38)45(32)59)30-5-4-29-14-16-53-27-33(29)24-30)8-10-40(37)57-18-20-58(21-19-57)43(62)15-22-67-23-17-54-39-3-1-2-35-46(39)68(66)60(48(35)65)41-11-12-42(61)56-47(41)64/h1-10,13-14,16,24-28,41,54,68H,11-12,15,17-23H2,(H,56,61,64). The summed E-state index contributed by atoms with van der Waals surface area (Å²) in [5.41, 5.74) is 1.98. The van der Waals surface area contributed by atoms with Crippen LogP contribution >= 0.6 is 7.95 Å². The number of piperazine rings is 1. The number of nitrogens with zero attached hydrogens (tertiary/aromatic N) is 6. The van der Waals surface area contributed by atoms with E-state index in [1.54, 1.807) is 52.7 Å². The fourth-order valence-corrected chi connectivity index (χ4v) is 11.2. The number of amides is 4. The number of pyridine rings is 3. The summed E-state index contributed by atoms with van der Waals surface area (Å²) in [7, 11) is -2.89. The van der Waals surface area contributed by atoms with Crippen LogP contribution < -0.4 is 26.4 Å². The van der Waals surface area contributed by atoms with E-state index in [1.807, 2.05) is 42.5 Å². The van der Waals surface area contributed by atoms with Crippen LogP contribution in [0.15, 0.2) is 114 Å². The van der Waals surface area contributed by atoms with Crippen molar-refractivity contribution < 1.29 is 41.7 Å². The SMILES string of the molecule is O=C1CCC(N2C(=O)c3cccc(NCCOCCC(=O)N4CCN(c5ccc(-n6c(=O)ccc7cnc8ccc(-c9ccc%10ccncc%10c9)cc8c76)cc5C(F)(F)F)CC4)c3[PH]2=O)C(=O)N1. The van der Waals surface area contributed by atoms with Crippen LogP contribution in [0.4, 0.5) is 24.5 Å². The number of carbonyl (C=O) groups is 4. The first-order chi connectivity index (χ1) is 32.8. The summed E-state index contributed by atoms with van der Waals surface area (Å²) in [4.78, 5) is 76.2. The molecule has 68 heavy (non-hydrogen) atoms. The zero-order chi connectivity index (χ0) is 47.3. The largest absolute Gasteiger partial charge is 0.418 e. The molecule has 4 amide bonds. The molecule has 19 heteroatoms. The molecule has 10 rings (SSSR count). The fraction of sp³-hybridized carbons (Fsp3) is 0.245. The fourth-order valence-electron chi connectivity index (χ4n) is 9.31. The van der Waals surface area contributed by atoms with Gasteiger partial charge in [-0.3, -0.25) is 53.1 Å². The lowest BCUT2D eigenvalue weighted by Gasteiger charge is -2.37. The maximum Gasteiger partial charge on any atom is 0.418 e. The van der Waals surface area contributed by atoms with E-state index < -0.39 is 49.0 Å². The molecule has 4 aromatic carbocycles. The summed E-state index contributed by atoms with van der Waals surface area (Å²) in [6, 6.07) is 24.2. The summed E-state index contributed by atoms with van der Waals surface area (Å²) in [5, 5.41) is 8.78. The lowest BCUT2D eigenvalue weighted by atomic mass is 9.99. The van der Waals surface area contributed by atoms with E-state index in [-0.39, 0.29) is 88.0 Å². The predicted molar refractivity (Wildman–Crippen MR) is 251 cm³/mol. The van der Waals surface area contributed by atoms with Crippen LogP contribution in [0.2, 0.25) is 0 Å². The number of rotatable bonds is 11. The third kappa shape index (κ3) is 8.34. The third-order valence-electron chi connectivity index (χ3n) is 12.7. The molecule has 0 bridgehead atoms. The first-order valence-corrected chi connectivity index (χ1v) is 23.4. The lowest BCUT2D eigenvalue weighted by Crippen LogP contribution is -2.51. The molecule has 3 aliphatic rings. The molecule has 7 aromatic rings. The van der Waals surface area contributed by atoms with Crippen molar-refractivity contribution in [2.45, 2.75) is 31.5 Å². The van der Waals surface area contributed by atoms with Crippen LogP contribution in [0.25, 0.3) is 49.4 Å². The molecule has 15 nitrogen and oxygen atoms in total. The molecule has 0 radical (unpaired) electrons. The molecule has 346 valence electrons. The van der Waals surface area contributed by atoms with Gasteiger partial charge in [0, 0.05) is 91.3 Å². The second-order valence-corrected chi connectivity index (χ2v) is 18.4. The third-order valence-corrected chi connectivity index (χ3v) is 14.6. The first-order valence-electron chi connectivity index (χ1n) is 22.0. The summed E-state index contributed by atoms with van der Waals surface area (Å²) in [6.07, 6.45) is 0.491. The Labute approximate surface area is 386 Å². The number of halogens is 3. The van der Waals surface area contributed by atoms with E-state index in [1.165, 1.54) is 22.8 Å². The normalized spacial score (nSPS) is 17.6. The van der Waals surface area contributed by atoms with Crippen molar-refractivity contribution >= 4 is 80.8 Å². The van der Waals surface area contributed by atoms with Gasteiger partial charge in [0.15, 0.2) is 7.95 Å². The second-order valence-electron chi connectivity index (χ2n) is 16.8. The molecule has 2 saturated heterocycles. The van der Waals surface area contributed by atoms with Crippen LogP contribution in [0.5, 0.6) is 0 Å². The zero-order valence-corrected chi connectivity index (χ0v) is 37.2. The van der Waals surface area contributed by atoms with E-state index in [0.717, 1.165) is 32.6 Å². The van der Waals surface area contributed by atoms with Crippen molar-refractivity contribution in [3.63, 3.8) is 0 Å². The minimum absolute atomic E-state index is 0.0366. The van der Waals surface area contributed by atoms with Gasteiger partial charge >= 0.3 is 6.18 Å². The summed E-state index contributed by atoms with van der Waals surface area (Å²) in [6.45, 7) is 1.15. The highest BCUT2D eigenvalue weighted by Gasteiger charge is 2.44. The highest BCUT2D eigenvalue weighted by Crippen LogP contribution is 2.43. The van der Waals surface area contributed by atoms with Crippen LogP contribution in [0.1, 0.15) is 35.2 Å². The Morgan fingerprint density at radius 1 is 0.853 bits per heavy atom. The topological polar surface area (TPSA) is 176 Å². The van der Waals surface area contributed by atoms with Gasteiger partial charge < -0.3 is 19.9 Å². The molecule has 0 saturated carbocycles. The maximum absolute atomic E-state index is 15.0. The van der Waals surface area contributed by atoms with Crippen LogP contribution in [-0.2, 0) is 29.9 Å². The molecule has 0 spiro atoms. The monoisotopic (exact) mass is 942 g/mol. The van der Waals surface area contributed by atoms with Crippen LogP contribution in [0.3, 0.4) is 0 Å². The molecule has 2 unspecified atom stereocenters. The Kier molecular flexibility index (Phi) is 11.8. The van der Waals surface area contributed by atoms with Gasteiger partial charge in [0.05, 0.1) is 52.8 Å². The van der Waals surface area contributed by atoms with Gasteiger partial charge in [-0.2, -0.15) is 13.2 Å². The average Bonchev–Trinajstić information content (AvgIpc) is 3.60. The number of nitrogens with one attached hydrogen (secondary N) is 2. The zero-order valence-electron chi connectivity index (χ0n) is 36.2. The Bertz CT molecular complexity index is 3300. The smallest absolute Gasteiger partial charge is 0.382 e. The molecule has 0 aliphatic carbocycles. The van der Waals surface area contributed by atoms with E-state index in [2.05, 4.69) is 20.6 Å². The van der Waals surface area contributed by atoms with Gasteiger partial charge in [0.25, 0.3) is 11.5 Å². The minimum Gasteiger partial charge on any atom is -0.382 e. The maximum atomic E-state index is 15.0. The molecule has 3 aliphatic heterocycles. The number of imide groups is 1. The van der Waals surface area contributed by atoms with Crippen molar-refractivity contribution in [2.75, 3.05) is 56.2 Å². The van der Waals surface area contributed by atoms with Gasteiger partial charge in [0.1, 0.15) is 6.04 Å². The van der Waals surface area contributed by atoms with E-state index >= 15 is 0 Å². The second kappa shape index (κ2) is 18.0. The highest BCUT2D eigenvalue weighted by atomic mass is 31.1. The summed E-state index contributed by atoms with van der Waals surface area (Å²) in [5.74, 6) is -1.85. The number of aromatic nitrogens is 3. The van der Waals surface area contributed by atoms with E-state index in [9.17, 15) is 41.7 Å². The quantitative estimate of drug-likeness (QED) is 0.0645. The van der Waals surface area contributed by atoms with Gasteiger partial charge in [-0.25, -0.2) is 0 Å². The van der Waals surface area contributed by atoms with E-state index in [0.29, 0.717) is 32.8 Å². The van der Waals surface area contributed by atoms with Crippen molar-refractivity contribution in [3.05, 3.63) is 131 Å². The number of anilines is 2. The molecule has 2 N–H and O–H groups in total. The number of carbonyl (C=O) groups excluding carboxylic acids is 4. The molecular weight excluding hydrogens is 901 g/mol. The van der Waals surface area contributed by atoms with E-state index in [4.69, 9.17) is 4.74 Å².